The Hall–Kier alpha value is -0.590. The molecular weight excluding hydrogens is 406 g/mol. The van der Waals surface area contributed by atoms with Crippen LogP contribution in [0.2, 0.25) is 0 Å². The maximum atomic E-state index is 11.0. The normalized spacial score (nSPS) is 49.8. The van der Waals surface area contributed by atoms with Gasteiger partial charge >= 0.3 is 0 Å². The van der Waals surface area contributed by atoms with E-state index >= 15 is 0 Å². The van der Waals surface area contributed by atoms with Crippen LogP contribution in [0, 0.1) is 63.1 Å². The number of hydrogen-bond donors (Lipinski definition) is 2. The van der Waals surface area contributed by atoms with Crippen LogP contribution in [0.4, 0.5) is 0 Å². The Morgan fingerprint density at radius 1 is 0.909 bits per heavy atom. The summed E-state index contributed by atoms with van der Waals surface area (Å²) in [4.78, 5) is 0. The Bertz CT molecular complexity index is 785. The monoisotopic (exact) mass is 455 g/mol. The average molecular weight is 456 g/mol. The van der Waals surface area contributed by atoms with Crippen LogP contribution in [0.25, 0.3) is 0 Å². The molecular formula is C30H49NO2. The smallest absolute Gasteiger partial charge is 0.0833 e. The summed E-state index contributed by atoms with van der Waals surface area (Å²) < 4.78 is 0. The molecule has 10 atom stereocenters. The number of aliphatic hydroxyl groups excluding tert-OH is 1. The highest BCUT2D eigenvalue weighted by molar-refractivity contribution is 5.14. The molecule has 3 heteroatoms. The second-order valence-electron chi connectivity index (χ2n) is 14.0. The van der Waals surface area contributed by atoms with Crippen LogP contribution in [0.5, 0.6) is 0 Å². The van der Waals surface area contributed by atoms with Crippen molar-refractivity contribution in [3.05, 3.63) is 0 Å². The Labute approximate surface area is 202 Å². The molecule has 0 heterocycles. The molecule has 0 saturated heterocycles. The molecule has 3 nitrogen and oxygen atoms in total. The molecule has 186 valence electrons. The number of nitriles is 1. The van der Waals surface area contributed by atoms with Gasteiger partial charge in [-0.3, -0.25) is 0 Å². The van der Waals surface area contributed by atoms with Crippen molar-refractivity contribution in [3.63, 3.8) is 0 Å². The van der Waals surface area contributed by atoms with E-state index in [1.54, 1.807) is 0 Å². The molecule has 0 radical (unpaired) electrons. The van der Waals surface area contributed by atoms with E-state index < -0.39 is 17.1 Å². The van der Waals surface area contributed by atoms with E-state index in [-0.39, 0.29) is 0 Å². The first kappa shape index (κ1) is 24.1. The number of fused-ring (bicyclic) bond motifs is 5. The lowest BCUT2D eigenvalue weighted by molar-refractivity contribution is -0.152. The largest absolute Gasteiger partial charge is 0.391 e. The summed E-state index contributed by atoms with van der Waals surface area (Å²) in [5.41, 5.74) is 0.0938. The van der Waals surface area contributed by atoms with Crippen molar-refractivity contribution in [2.24, 2.45) is 51.8 Å². The Kier molecular flexibility index (Phi) is 6.02. The van der Waals surface area contributed by atoms with Gasteiger partial charge in [0.05, 0.1) is 23.2 Å². The second kappa shape index (κ2) is 8.23. The summed E-state index contributed by atoms with van der Waals surface area (Å²) in [6.45, 7) is 9.84. The Morgan fingerprint density at radius 3 is 2.30 bits per heavy atom. The predicted molar refractivity (Wildman–Crippen MR) is 132 cm³/mol. The van der Waals surface area contributed by atoms with E-state index in [2.05, 4.69) is 33.8 Å². The maximum Gasteiger partial charge on any atom is 0.0833 e. The van der Waals surface area contributed by atoms with Crippen molar-refractivity contribution in [2.45, 2.75) is 129 Å². The molecule has 0 spiro atoms. The third-order valence-electron chi connectivity index (χ3n) is 12.8. The fourth-order valence-corrected chi connectivity index (χ4v) is 10.2. The summed E-state index contributed by atoms with van der Waals surface area (Å²) >= 11 is 0. The van der Waals surface area contributed by atoms with Crippen LogP contribution < -0.4 is 0 Å². The van der Waals surface area contributed by atoms with Crippen LogP contribution in [-0.2, 0) is 0 Å². The molecule has 0 aromatic heterocycles. The van der Waals surface area contributed by atoms with Gasteiger partial charge in [-0.05, 0) is 136 Å². The van der Waals surface area contributed by atoms with Gasteiger partial charge in [0.15, 0.2) is 0 Å². The molecule has 5 rings (SSSR count). The molecule has 2 N–H and O–H groups in total. The van der Waals surface area contributed by atoms with Gasteiger partial charge in [-0.2, -0.15) is 5.26 Å². The van der Waals surface area contributed by atoms with Gasteiger partial charge in [0.2, 0.25) is 0 Å². The Balaban J connectivity index is 1.26. The minimum atomic E-state index is -0.422. The van der Waals surface area contributed by atoms with Crippen molar-refractivity contribution < 1.29 is 10.2 Å². The van der Waals surface area contributed by atoms with Crippen LogP contribution >= 0.6 is 0 Å². The summed E-state index contributed by atoms with van der Waals surface area (Å²) in [6.07, 6.45) is 15.7. The lowest BCUT2D eigenvalue weighted by atomic mass is 9.43. The standard InChI is InChI=1S/C30H49NO2/c1-5-30(33)17-14-27(3)21(18-30)7-8-22-24-10-9-23(28(24,4)13-12-25(22)27)20(2)6-11-26(32)29(19-31)15-16-29/h20-26,32-33H,5-18H2,1-4H3/t20-,21+,22+,23-,24+,25+,26?,27+,28-,30+/m1/s1. The summed E-state index contributed by atoms with van der Waals surface area (Å²) in [5, 5.41) is 31.1. The topological polar surface area (TPSA) is 64.2 Å². The fourth-order valence-electron chi connectivity index (χ4n) is 10.2. The van der Waals surface area contributed by atoms with Crippen molar-refractivity contribution in [1.29, 1.82) is 5.26 Å². The zero-order valence-corrected chi connectivity index (χ0v) is 21.8. The van der Waals surface area contributed by atoms with Gasteiger partial charge in [0, 0.05) is 0 Å². The minimum absolute atomic E-state index is 0.400. The van der Waals surface area contributed by atoms with Gasteiger partial charge in [-0.1, -0.05) is 27.7 Å². The first-order valence-electron chi connectivity index (χ1n) is 14.4. The van der Waals surface area contributed by atoms with E-state index in [1.165, 1.54) is 44.9 Å². The van der Waals surface area contributed by atoms with Crippen LogP contribution in [0.3, 0.4) is 0 Å². The number of rotatable bonds is 6. The molecule has 0 aromatic carbocycles. The van der Waals surface area contributed by atoms with Gasteiger partial charge in [0.1, 0.15) is 0 Å². The van der Waals surface area contributed by atoms with Crippen LogP contribution in [0.15, 0.2) is 0 Å². The van der Waals surface area contributed by atoms with E-state index in [4.69, 9.17) is 0 Å². The van der Waals surface area contributed by atoms with Crippen molar-refractivity contribution >= 4 is 0 Å². The van der Waals surface area contributed by atoms with Gasteiger partial charge in [-0.25, -0.2) is 0 Å². The minimum Gasteiger partial charge on any atom is -0.391 e. The molecule has 5 aliphatic carbocycles. The quantitative estimate of drug-likeness (QED) is 0.459. The Morgan fingerprint density at radius 2 is 1.64 bits per heavy atom. The second-order valence-corrected chi connectivity index (χ2v) is 14.0. The van der Waals surface area contributed by atoms with Gasteiger partial charge < -0.3 is 10.2 Å². The highest BCUT2D eigenvalue weighted by atomic mass is 16.3. The maximum absolute atomic E-state index is 11.0. The third kappa shape index (κ3) is 3.72. The molecule has 33 heavy (non-hydrogen) atoms. The van der Waals surface area contributed by atoms with Crippen molar-refractivity contribution in [1.82, 2.24) is 0 Å². The fraction of sp³-hybridized carbons (Fsp3) is 0.967. The molecule has 5 fully saturated rings. The number of nitrogens with zero attached hydrogens (tertiary/aromatic N) is 1. The van der Waals surface area contributed by atoms with Gasteiger partial charge in [0.25, 0.3) is 0 Å². The molecule has 0 aliphatic heterocycles. The van der Waals surface area contributed by atoms with E-state index in [0.29, 0.717) is 22.7 Å². The number of hydrogen-bond acceptors (Lipinski definition) is 3. The first-order chi connectivity index (χ1) is 15.6. The van der Waals surface area contributed by atoms with Crippen molar-refractivity contribution in [3.8, 4) is 6.07 Å². The van der Waals surface area contributed by atoms with E-state index in [0.717, 1.165) is 68.6 Å². The highest BCUT2D eigenvalue weighted by Crippen LogP contribution is 2.69. The average Bonchev–Trinajstić information content (AvgIpc) is 3.53. The lowest BCUT2D eigenvalue weighted by Crippen LogP contribution is -2.56. The van der Waals surface area contributed by atoms with E-state index in [1.807, 2.05) is 0 Å². The van der Waals surface area contributed by atoms with Crippen LogP contribution in [0.1, 0.15) is 118 Å². The predicted octanol–water partition coefficient (Wildman–Crippen LogP) is 6.87. The SMILES string of the molecule is CC[C@]1(O)CC[C@@]2(C)[C@@H](CC[C@@H]3[C@@H]2CC[C@]2(C)[C@@H]([C@H](C)CCC(O)C4(C#N)CC4)CC[C@@H]32)C1. The molecule has 0 amide bonds. The van der Waals surface area contributed by atoms with E-state index in [9.17, 15) is 15.5 Å². The molecule has 1 unspecified atom stereocenters. The highest BCUT2D eigenvalue weighted by Gasteiger charge is 2.61. The molecule has 0 bridgehead atoms. The zero-order valence-electron chi connectivity index (χ0n) is 21.8. The van der Waals surface area contributed by atoms with Crippen molar-refractivity contribution in [2.75, 3.05) is 0 Å². The number of aliphatic hydroxyl groups is 2. The van der Waals surface area contributed by atoms with Crippen LogP contribution in [-0.4, -0.2) is 21.9 Å². The van der Waals surface area contributed by atoms with Gasteiger partial charge in [-0.15, -0.1) is 0 Å². The molecule has 5 saturated carbocycles. The third-order valence-corrected chi connectivity index (χ3v) is 12.8. The summed E-state index contributed by atoms with van der Waals surface area (Å²) in [6, 6.07) is 2.40. The zero-order chi connectivity index (χ0) is 23.6. The lowest BCUT2D eigenvalue weighted by Gasteiger charge is -2.62. The summed E-state index contributed by atoms with van der Waals surface area (Å²) in [5.74, 6) is 4.74. The molecule has 0 aromatic rings. The molecule has 5 aliphatic rings. The first-order valence-corrected chi connectivity index (χ1v) is 14.4. The summed E-state index contributed by atoms with van der Waals surface area (Å²) in [7, 11) is 0.